The maximum atomic E-state index is 10.2. The Balaban J connectivity index is 0.000000193. The number of imidazole rings is 1. The molecule has 28 nitrogen and oxygen atoms in total. The Labute approximate surface area is 811 Å². The summed E-state index contributed by atoms with van der Waals surface area (Å²) in [6, 6.07) is 70.1. The normalized spacial score (nSPS) is 12.4. The summed E-state index contributed by atoms with van der Waals surface area (Å²) >= 11 is 13.9. The number of aliphatic hydroxyl groups excluding tert-OH is 7. The molecule has 14 rings (SSSR count). The molecule has 7 heterocycles. The van der Waals surface area contributed by atoms with Crippen LogP contribution < -0.4 is 33.2 Å². The van der Waals surface area contributed by atoms with Gasteiger partial charge in [0, 0.05) is 51.6 Å². The minimum Gasteiger partial charge on any atom is -0.491 e. The van der Waals surface area contributed by atoms with Crippen molar-refractivity contribution in [3.8, 4) is 40.2 Å². The zero-order valence-corrected chi connectivity index (χ0v) is 83.0. The predicted molar refractivity (Wildman–Crippen MR) is 533 cm³/mol. The molecule has 0 aliphatic carbocycles. The van der Waals surface area contributed by atoms with Crippen LogP contribution in [0.15, 0.2) is 237 Å². The molecular weight excluding hydrogens is 1860 g/mol. The Morgan fingerprint density at radius 2 is 0.679 bits per heavy atom. The van der Waals surface area contributed by atoms with Crippen molar-refractivity contribution in [1.29, 1.82) is 0 Å². The van der Waals surface area contributed by atoms with Gasteiger partial charge in [-0.25, -0.2) is 4.98 Å². The van der Waals surface area contributed by atoms with E-state index in [9.17, 15) is 35.7 Å². The van der Waals surface area contributed by atoms with Crippen LogP contribution in [0, 0.1) is 66.1 Å². The maximum absolute atomic E-state index is 10.2. The van der Waals surface area contributed by atoms with Gasteiger partial charge >= 0.3 is 0 Å². The van der Waals surface area contributed by atoms with Crippen LogP contribution >= 0.6 is 45.8 Å². The number of benzene rings is 7. The van der Waals surface area contributed by atoms with Crippen LogP contribution in [0.4, 0.5) is 0 Å². The summed E-state index contributed by atoms with van der Waals surface area (Å²) in [4.78, 5) is 4.09. The second kappa shape index (κ2) is 58.0. The third kappa shape index (κ3) is 38.2. The zero-order chi connectivity index (χ0) is 96.9. The monoisotopic (exact) mass is 1990 g/mol. The molecule has 7 aromatic carbocycles. The molecule has 0 radical (unpaired) electrons. The van der Waals surface area contributed by atoms with Crippen LogP contribution in [-0.4, -0.2) is 193 Å². The first-order chi connectivity index (χ1) is 64.5. The molecule has 0 amide bonds. The number of aliphatic hydroxyl groups is 7. The lowest BCUT2D eigenvalue weighted by molar-refractivity contribution is 0.0883. The van der Waals surface area contributed by atoms with Crippen molar-refractivity contribution in [2.45, 2.75) is 218 Å². The van der Waals surface area contributed by atoms with Gasteiger partial charge in [0.1, 0.15) is 129 Å². The number of aromatic nitrogens is 14. The van der Waals surface area contributed by atoms with E-state index in [0.717, 1.165) is 133 Å². The van der Waals surface area contributed by atoms with Crippen molar-refractivity contribution in [3.05, 3.63) is 330 Å². The fraction of sp³-hybridized carbons (Fsp3) is 0.388. The topological polar surface area (TPSA) is 331 Å². The highest BCUT2D eigenvalue weighted by Gasteiger charge is 2.21. The molecule has 0 spiro atoms. The van der Waals surface area contributed by atoms with Gasteiger partial charge in [-0.2, -0.15) is 30.6 Å². The molecule has 134 heavy (non-hydrogen) atoms. The summed E-state index contributed by atoms with van der Waals surface area (Å²) in [7, 11) is 0. The SMILES string of the molecule is CCc1cc(CC)n(CC(O)COc2ccccc2)n1.CCc1nn(CC(O)COc2ccccc2)c(CC)c1CC.Cc1cc(C)n(CC(O)COc2ccc(Cl)cc2Cl)n1.Cc1cc(C)n(CC(O)COc2ccccc2)n1.Cc1cc(C)n(CC(O)COc2ccccc2)n1.Cc1nn(CC(O)COc2ccccc2)c(C)c1C.OC(COc1ccccc1)Cn1ccnc1I. The molecule has 31 heteroatoms. The number of hydrogen-bond donors (Lipinski definition) is 7. The van der Waals surface area contributed by atoms with E-state index in [2.05, 4.69) is 98.9 Å². The van der Waals surface area contributed by atoms with E-state index < -0.39 is 42.7 Å². The molecule has 0 aliphatic heterocycles. The highest BCUT2D eigenvalue weighted by Crippen LogP contribution is 2.28. The number of aryl methyl sites for hydroxylation is 10. The van der Waals surface area contributed by atoms with Crippen LogP contribution in [-0.2, 0) is 77.9 Å². The summed E-state index contributed by atoms with van der Waals surface area (Å²) in [5.74, 6) is 5.13. The molecule has 0 saturated carbocycles. The summed E-state index contributed by atoms with van der Waals surface area (Å²) in [6.45, 7) is 33.3. The van der Waals surface area contributed by atoms with Gasteiger partial charge in [0.05, 0.1) is 85.0 Å². The molecule has 7 unspecified atom stereocenters. The lowest BCUT2D eigenvalue weighted by Gasteiger charge is -2.14. The van der Waals surface area contributed by atoms with Gasteiger partial charge in [-0.3, -0.25) is 28.1 Å². The van der Waals surface area contributed by atoms with Gasteiger partial charge in [0.25, 0.3) is 0 Å². The Bertz CT molecular complexity index is 5510. The number of rotatable bonds is 40. The number of hydrogen-bond acceptors (Lipinski definition) is 21. The Morgan fingerprint density at radius 1 is 0.336 bits per heavy atom. The van der Waals surface area contributed by atoms with E-state index in [1.165, 1.54) is 16.8 Å². The minimum absolute atomic E-state index is 0.139. The molecule has 0 saturated heterocycles. The average molecular weight is 1990 g/mol. The summed E-state index contributed by atoms with van der Waals surface area (Å²) in [5.41, 5.74) is 15.2. The van der Waals surface area contributed by atoms with Gasteiger partial charge in [-0.15, -0.1) is 0 Å². The van der Waals surface area contributed by atoms with Crippen molar-refractivity contribution < 1.29 is 68.9 Å². The molecular formula is C103H133Cl2IN14O14. The van der Waals surface area contributed by atoms with E-state index in [1.54, 1.807) is 38.4 Å². The van der Waals surface area contributed by atoms with Crippen molar-refractivity contribution >= 4 is 45.8 Å². The Hall–Kier alpha value is -11.4. The molecule has 7 atom stereocenters. The van der Waals surface area contributed by atoms with Gasteiger partial charge in [0.15, 0.2) is 3.83 Å². The fourth-order valence-electron chi connectivity index (χ4n) is 13.8. The number of halogens is 3. The second-order valence-electron chi connectivity index (χ2n) is 32.0. The second-order valence-corrected chi connectivity index (χ2v) is 33.8. The van der Waals surface area contributed by atoms with Crippen molar-refractivity contribution in [2.24, 2.45) is 0 Å². The van der Waals surface area contributed by atoms with Gasteiger partial charge in [0.2, 0.25) is 0 Å². The Morgan fingerprint density at radius 3 is 0.970 bits per heavy atom. The van der Waals surface area contributed by atoms with E-state index in [4.69, 9.17) is 56.4 Å². The first kappa shape index (κ1) is 108. The van der Waals surface area contributed by atoms with E-state index in [0.29, 0.717) is 61.6 Å². The van der Waals surface area contributed by atoms with Crippen LogP contribution in [0.25, 0.3) is 0 Å². The van der Waals surface area contributed by atoms with Gasteiger partial charge in [-0.1, -0.05) is 167 Å². The van der Waals surface area contributed by atoms with E-state index >= 15 is 0 Å². The predicted octanol–water partition coefficient (Wildman–Crippen LogP) is 16.8. The third-order valence-corrected chi connectivity index (χ3v) is 22.2. The molecule has 0 aliphatic rings. The van der Waals surface area contributed by atoms with E-state index in [1.807, 2.05) is 287 Å². The fourth-order valence-corrected chi connectivity index (χ4v) is 14.8. The highest BCUT2D eigenvalue weighted by molar-refractivity contribution is 14.1. The number of ether oxygens (including phenoxy) is 7. The van der Waals surface area contributed by atoms with Gasteiger partial charge < -0.3 is 73.5 Å². The van der Waals surface area contributed by atoms with Crippen LogP contribution in [0.1, 0.15) is 114 Å². The lowest BCUT2D eigenvalue weighted by atomic mass is 10.1. The summed E-state index contributed by atoms with van der Waals surface area (Å²) in [5, 5.41) is 97.4. The molecule has 7 aromatic heterocycles. The first-order valence-corrected chi connectivity index (χ1v) is 47.1. The van der Waals surface area contributed by atoms with Gasteiger partial charge in [-0.05, 0) is 243 Å². The van der Waals surface area contributed by atoms with Crippen LogP contribution in [0.5, 0.6) is 40.2 Å². The van der Waals surface area contributed by atoms with Crippen LogP contribution in [0.2, 0.25) is 10.0 Å². The van der Waals surface area contributed by atoms with Crippen molar-refractivity contribution in [1.82, 2.24) is 68.2 Å². The average Bonchev–Trinajstić information content (AvgIpc) is 1.67. The zero-order valence-electron chi connectivity index (χ0n) is 79.4. The highest BCUT2D eigenvalue weighted by atomic mass is 127. The lowest BCUT2D eigenvalue weighted by Crippen LogP contribution is -2.25. The third-order valence-electron chi connectivity index (χ3n) is 20.8. The van der Waals surface area contributed by atoms with Crippen molar-refractivity contribution in [3.63, 3.8) is 0 Å². The standard InChI is InChI=1S/C18H26N2O2.C16H22N2O2.C15H20N2O2.C14H16Cl2N2O2.2C14H18N2O2.C12H13IN2O2/c1-4-16-17(5-2)19-20(18(16)6-3)12-14(21)13-22-15-10-8-7-9-11-15;1-3-13-10-14(4-2)18(17-13)11-15(19)12-20-16-8-6-5-7-9-16;1-11-12(2)16-17(13(11)3)9-14(18)10-19-15-7-5-4-6-8-15;1-9-5-10(2)18(17-9)7-12(19)8-20-14-4-3-11(15)6-13(14)16;2*1-11-8-12(2)16(15-11)9-13(17)10-18-14-6-4-3-5-7-14;13-12-14-6-7-15(12)8-10(16)9-17-11-4-2-1-3-5-11/h7-11,14,21H,4-6,12-13H2,1-3H3;5-10,15,19H,3-4,11-12H2,1-2H3;4-8,14,18H,9-10H2,1-3H3;3-6,12,19H,7-8H2,1-2H3;2*3-8,13,17H,9-10H2,1-2H3;1-7,10,16H,8-9H2. The first-order valence-electron chi connectivity index (χ1n) is 45.2. The molecule has 14 aromatic rings. The molecule has 720 valence electrons. The molecule has 0 bridgehead atoms. The summed E-state index contributed by atoms with van der Waals surface area (Å²) < 4.78 is 52.4. The number of para-hydroxylation sites is 6. The number of nitrogens with zero attached hydrogens (tertiary/aromatic N) is 14. The maximum Gasteiger partial charge on any atom is 0.171 e. The summed E-state index contributed by atoms with van der Waals surface area (Å²) in [6.07, 6.45) is 4.19. The molecule has 0 fully saturated rings. The van der Waals surface area contributed by atoms with Crippen molar-refractivity contribution in [2.75, 3.05) is 46.2 Å². The van der Waals surface area contributed by atoms with E-state index in [-0.39, 0.29) is 46.2 Å². The van der Waals surface area contributed by atoms with Crippen LogP contribution in [0.3, 0.4) is 0 Å². The quantitative estimate of drug-likeness (QED) is 0.0175. The molecule has 7 N–H and O–H groups in total. The minimum atomic E-state index is -0.667. The largest absolute Gasteiger partial charge is 0.491 e. The Kier molecular flexibility index (Phi) is 46.8. The smallest absolute Gasteiger partial charge is 0.171 e.